The molecule has 0 bridgehead atoms. The van der Waals surface area contributed by atoms with E-state index in [0.29, 0.717) is 18.8 Å². The molecule has 1 aromatic carbocycles. The summed E-state index contributed by atoms with van der Waals surface area (Å²) in [7, 11) is 0. The summed E-state index contributed by atoms with van der Waals surface area (Å²) in [5.74, 6) is 1.34. The number of anilines is 2. The van der Waals surface area contributed by atoms with Crippen molar-refractivity contribution >= 4 is 47.3 Å². The lowest BCUT2D eigenvalue weighted by Crippen LogP contribution is -2.40. The van der Waals surface area contributed by atoms with E-state index in [2.05, 4.69) is 43.7 Å². The Bertz CT molecular complexity index is 808. The highest BCUT2D eigenvalue weighted by atomic mass is 127. The number of amides is 1. The molecule has 0 fully saturated rings. The number of carbonyl (C=O) groups excluding carboxylic acids is 1. The van der Waals surface area contributed by atoms with Crippen LogP contribution in [0.3, 0.4) is 0 Å². The number of rotatable bonds is 5. The Labute approximate surface area is 177 Å². The number of nitrogens with zero attached hydrogens (tertiary/aromatic N) is 3. The van der Waals surface area contributed by atoms with Gasteiger partial charge in [0.05, 0.1) is 6.54 Å². The van der Waals surface area contributed by atoms with Crippen molar-refractivity contribution in [3.05, 3.63) is 53.7 Å². The van der Waals surface area contributed by atoms with E-state index in [1.54, 1.807) is 6.07 Å². The first-order chi connectivity index (χ1) is 12.7. The third kappa shape index (κ3) is 5.66. The van der Waals surface area contributed by atoms with Crippen LogP contribution in [0.5, 0.6) is 0 Å². The number of aromatic nitrogens is 1. The second-order valence-electron chi connectivity index (χ2n) is 6.23. The van der Waals surface area contributed by atoms with Gasteiger partial charge >= 0.3 is 0 Å². The molecule has 0 saturated heterocycles. The maximum atomic E-state index is 12.1. The van der Waals surface area contributed by atoms with Crippen molar-refractivity contribution in [3.8, 4) is 0 Å². The van der Waals surface area contributed by atoms with Gasteiger partial charge in [-0.05, 0) is 44.0 Å². The van der Waals surface area contributed by atoms with Crippen LogP contribution >= 0.6 is 24.0 Å². The van der Waals surface area contributed by atoms with Crippen molar-refractivity contribution in [2.45, 2.75) is 26.7 Å². The highest BCUT2D eigenvalue weighted by Gasteiger charge is 2.22. The maximum absolute atomic E-state index is 12.1. The van der Waals surface area contributed by atoms with Gasteiger partial charge < -0.3 is 15.5 Å². The lowest BCUT2D eigenvalue weighted by molar-refractivity contribution is -0.116. The second-order valence-corrected chi connectivity index (χ2v) is 6.23. The molecule has 1 aliphatic rings. The van der Waals surface area contributed by atoms with Crippen molar-refractivity contribution in [1.82, 2.24) is 10.3 Å². The molecule has 1 aromatic heterocycles. The second kappa shape index (κ2) is 10.2. The lowest BCUT2D eigenvalue weighted by Gasteiger charge is -2.22. The molecule has 2 N–H and O–H groups in total. The van der Waals surface area contributed by atoms with Crippen molar-refractivity contribution in [2.75, 3.05) is 29.9 Å². The normalized spacial score (nSPS) is 13.0. The van der Waals surface area contributed by atoms with Crippen LogP contribution in [0.15, 0.2) is 47.5 Å². The van der Waals surface area contributed by atoms with Crippen molar-refractivity contribution in [3.63, 3.8) is 0 Å². The minimum atomic E-state index is -0.0791. The van der Waals surface area contributed by atoms with E-state index < -0.39 is 0 Å². The summed E-state index contributed by atoms with van der Waals surface area (Å²) in [6.07, 6.45) is 1.33. The summed E-state index contributed by atoms with van der Waals surface area (Å²) in [6, 6.07) is 14.0. The molecular formula is C20H26IN5O. The van der Waals surface area contributed by atoms with E-state index in [4.69, 9.17) is 0 Å². The first-order valence-electron chi connectivity index (χ1n) is 9.04. The predicted octanol–water partition coefficient (Wildman–Crippen LogP) is 3.36. The highest BCUT2D eigenvalue weighted by molar-refractivity contribution is 14.0. The zero-order chi connectivity index (χ0) is 18.4. The van der Waals surface area contributed by atoms with Crippen LogP contribution in [-0.2, 0) is 11.2 Å². The Balaban J connectivity index is 0.00000261. The summed E-state index contributed by atoms with van der Waals surface area (Å²) in [4.78, 5) is 23.3. The van der Waals surface area contributed by atoms with Crippen LogP contribution in [0.4, 0.5) is 11.5 Å². The molecule has 6 nitrogen and oxygen atoms in total. The number of guanidine groups is 1. The summed E-state index contributed by atoms with van der Waals surface area (Å²) in [6.45, 7) is 6.07. The lowest BCUT2D eigenvalue weighted by atomic mass is 10.2. The summed E-state index contributed by atoms with van der Waals surface area (Å²) in [5.41, 5.74) is 3.41. The van der Waals surface area contributed by atoms with E-state index in [1.165, 1.54) is 11.3 Å². The van der Waals surface area contributed by atoms with Gasteiger partial charge in [0.15, 0.2) is 5.96 Å². The van der Waals surface area contributed by atoms with Crippen LogP contribution in [0.1, 0.15) is 24.6 Å². The van der Waals surface area contributed by atoms with E-state index in [1.807, 2.05) is 32.0 Å². The first kappa shape index (κ1) is 21.1. The van der Waals surface area contributed by atoms with Gasteiger partial charge in [-0.3, -0.25) is 9.79 Å². The summed E-state index contributed by atoms with van der Waals surface area (Å²) in [5, 5.41) is 6.15. The number of nitrogens with one attached hydrogen (secondary N) is 2. The molecule has 0 atom stereocenters. The number of hydrogen-bond donors (Lipinski definition) is 2. The number of benzene rings is 1. The first-order valence-corrected chi connectivity index (χ1v) is 9.04. The molecule has 27 heavy (non-hydrogen) atoms. The van der Waals surface area contributed by atoms with E-state index >= 15 is 0 Å². The van der Waals surface area contributed by atoms with Gasteiger partial charge in [0.25, 0.3) is 0 Å². The number of hydrogen-bond acceptors (Lipinski definition) is 3. The van der Waals surface area contributed by atoms with Crippen LogP contribution < -0.4 is 15.5 Å². The largest absolute Gasteiger partial charge is 0.356 e. The number of pyridine rings is 1. The minimum absolute atomic E-state index is 0. The number of para-hydroxylation sites is 1. The van der Waals surface area contributed by atoms with E-state index in [9.17, 15) is 4.79 Å². The van der Waals surface area contributed by atoms with Crippen LogP contribution in [0, 0.1) is 6.92 Å². The fourth-order valence-corrected chi connectivity index (χ4v) is 3.03. The van der Waals surface area contributed by atoms with Gasteiger partial charge in [-0.25, -0.2) is 4.98 Å². The molecule has 0 spiro atoms. The average molecular weight is 479 g/mol. The molecule has 1 aliphatic heterocycles. The Morgan fingerprint density at radius 2 is 2.04 bits per heavy atom. The van der Waals surface area contributed by atoms with Gasteiger partial charge in [0.2, 0.25) is 5.91 Å². The average Bonchev–Trinajstić information content (AvgIpc) is 3.05. The molecule has 1 amide bonds. The molecule has 0 aliphatic carbocycles. The van der Waals surface area contributed by atoms with Gasteiger partial charge in [0.1, 0.15) is 5.82 Å². The Kier molecular flexibility index (Phi) is 8.02. The van der Waals surface area contributed by atoms with Gasteiger partial charge in [-0.15, -0.1) is 24.0 Å². The monoisotopic (exact) mass is 479 g/mol. The Morgan fingerprint density at radius 1 is 1.22 bits per heavy atom. The standard InChI is InChI=1S/C20H25N5O.HI/c1-3-21-20(25-14-12-16-8-4-5-9-17(16)25)22-13-11-19(26)24-18-10-6-7-15(2)23-18;/h4-10H,3,11-14H2,1-2H3,(H,21,22)(H,23,24,26);1H. The third-order valence-corrected chi connectivity index (χ3v) is 4.23. The van der Waals surface area contributed by atoms with Gasteiger partial charge in [-0.2, -0.15) is 0 Å². The fraction of sp³-hybridized carbons (Fsp3) is 0.350. The van der Waals surface area contributed by atoms with Crippen molar-refractivity contribution in [2.24, 2.45) is 4.99 Å². The van der Waals surface area contributed by atoms with Crippen LogP contribution in [0.2, 0.25) is 0 Å². The number of aliphatic imine (C=N–C) groups is 1. The number of carbonyl (C=O) groups is 1. The quantitative estimate of drug-likeness (QED) is 0.392. The molecule has 7 heteroatoms. The highest BCUT2D eigenvalue weighted by Crippen LogP contribution is 2.27. The summed E-state index contributed by atoms with van der Waals surface area (Å²) < 4.78 is 0. The predicted molar refractivity (Wildman–Crippen MR) is 121 cm³/mol. The molecule has 144 valence electrons. The molecule has 0 saturated carbocycles. The topological polar surface area (TPSA) is 69.6 Å². The molecular weight excluding hydrogens is 453 g/mol. The number of fused-ring (bicyclic) bond motifs is 1. The number of halogens is 1. The van der Waals surface area contributed by atoms with Crippen molar-refractivity contribution in [1.29, 1.82) is 0 Å². The molecule has 3 rings (SSSR count). The molecule has 2 aromatic rings. The Morgan fingerprint density at radius 3 is 2.81 bits per heavy atom. The van der Waals surface area contributed by atoms with E-state index in [-0.39, 0.29) is 29.9 Å². The van der Waals surface area contributed by atoms with Gasteiger partial charge in [0, 0.05) is 30.9 Å². The maximum Gasteiger partial charge on any atom is 0.227 e. The molecule has 2 heterocycles. The zero-order valence-corrected chi connectivity index (χ0v) is 18.1. The summed E-state index contributed by atoms with van der Waals surface area (Å²) >= 11 is 0. The third-order valence-electron chi connectivity index (χ3n) is 4.23. The van der Waals surface area contributed by atoms with Gasteiger partial charge in [-0.1, -0.05) is 24.3 Å². The smallest absolute Gasteiger partial charge is 0.227 e. The van der Waals surface area contributed by atoms with Crippen LogP contribution in [-0.4, -0.2) is 36.5 Å². The zero-order valence-electron chi connectivity index (χ0n) is 15.7. The molecule has 0 unspecified atom stereocenters. The minimum Gasteiger partial charge on any atom is -0.356 e. The molecule has 0 radical (unpaired) electrons. The fourth-order valence-electron chi connectivity index (χ4n) is 3.03. The Hall–Kier alpha value is -2.16. The van der Waals surface area contributed by atoms with Crippen LogP contribution in [0.25, 0.3) is 0 Å². The van der Waals surface area contributed by atoms with E-state index in [0.717, 1.165) is 31.2 Å². The number of aryl methyl sites for hydroxylation is 1. The van der Waals surface area contributed by atoms with Crippen molar-refractivity contribution < 1.29 is 4.79 Å². The SMILES string of the molecule is CCNC(=NCCC(=O)Nc1cccc(C)n1)N1CCc2ccccc21.I.